The van der Waals surface area contributed by atoms with Gasteiger partial charge in [-0.1, -0.05) is 40.5 Å². The number of primary amides is 2. The van der Waals surface area contributed by atoms with E-state index < -0.39 is 152 Å². The third-order valence-corrected chi connectivity index (χ3v) is 11.0. The van der Waals surface area contributed by atoms with E-state index in [0.717, 1.165) is 0 Å². The highest BCUT2D eigenvalue weighted by Crippen LogP contribution is 2.13. The molecule has 0 aromatic carbocycles. The summed E-state index contributed by atoms with van der Waals surface area (Å²) in [7, 11) is 0. The molecule has 10 atom stereocenters. The van der Waals surface area contributed by atoms with Gasteiger partial charge in [-0.25, -0.2) is 4.79 Å². The number of aliphatic hydroxyl groups excluding tert-OH is 2. The van der Waals surface area contributed by atoms with Gasteiger partial charge in [0.2, 0.25) is 59.1 Å². The number of carboxylic acid groups (broad SMARTS) is 1. The van der Waals surface area contributed by atoms with E-state index in [2.05, 4.69) is 37.2 Å². The van der Waals surface area contributed by atoms with Crippen molar-refractivity contribution in [3.63, 3.8) is 0 Å². The van der Waals surface area contributed by atoms with Crippen LogP contribution in [0.4, 0.5) is 0 Å². The van der Waals surface area contributed by atoms with Gasteiger partial charge in [0.15, 0.2) is 5.96 Å². The van der Waals surface area contributed by atoms with E-state index in [0.29, 0.717) is 19.3 Å². The van der Waals surface area contributed by atoms with Crippen LogP contribution in [-0.4, -0.2) is 168 Å². The van der Waals surface area contributed by atoms with Crippen molar-refractivity contribution in [2.45, 2.75) is 140 Å². The Morgan fingerprint density at radius 2 is 1.01 bits per heavy atom. The number of carbonyl (C=O) groups excluding carboxylic acids is 10. The molecule has 398 valence electrons. The minimum Gasteiger partial charge on any atom is -0.480 e. The topological polar surface area (TPSA) is 511 Å². The van der Waals surface area contributed by atoms with E-state index in [1.165, 1.54) is 0 Å². The van der Waals surface area contributed by atoms with E-state index in [9.17, 15) is 68.1 Å². The van der Waals surface area contributed by atoms with Crippen molar-refractivity contribution in [3.05, 3.63) is 0 Å². The van der Waals surface area contributed by atoms with Crippen LogP contribution in [0.5, 0.6) is 0 Å². The maximum Gasteiger partial charge on any atom is 0.326 e. The fourth-order valence-electron chi connectivity index (χ4n) is 6.26. The average molecular weight is 1000 g/mol. The Morgan fingerprint density at radius 3 is 1.50 bits per heavy atom. The average Bonchev–Trinajstić information content (AvgIpc) is 3.30. The predicted molar refractivity (Wildman–Crippen MR) is 250 cm³/mol. The number of hydrogen-bond acceptors (Lipinski definition) is 16. The molecule has 23 N–H and O–H groups in total. The Hall–Kier alpha value is -6.72. The Balaban J connectivity index is 6.33. The molecule has 0 bridgehead atoms. The lowest BCUT2D eigenvalue weighted by molar-refractivity contribution is -0.144. The van der Waals surface area contributed by atoms with Crippen molar-refractivity contribution < 1.29 is 68.1 Å². The van der Waals surface area contributed by atoms with Crippen molar-refractivity contribution in [2.75, 3.05) is 32.8 Å². The summed E-state index contributed by atoms with van der Waals surface area (Å²) in [5.41, 5.74) is 27.5. The molecule has 0 spiro atoms. The second kappa shape index (κ2) is 33.7. The number of rotatable bonds is 36. The first kappa shape index (κ1) is 63.3. The molecule has 70 heavy (non-hydrogen) atoms. The molecule has 0 unspecified atom stereocenters. The fourth-order valence-corrected chi connectivity index (χ4v) is 6.26. The van der Waals surface area contributed by atoms with Crippen LogP contribution in [0.2, 0.25) is 0 Å². The molecule has 0 aliphatic rings. The van der Waals surface area contributed by atoms with E-state index in [1.807, 2.05) is 17.6 Å². The second-order valence-corrected chi connectivity index (χ2v) is 16.6. The minimum atomic E-state index is -1.82. The summed E-state index contributed by atoms with van der Waals surface area (Å²) in [5.74, 6) is -12.3. The molecule has 0 aromatic rings. The Morgan fingerprint density at radius 1 is 0.543 bits per heavy atom. The molecule has 0 saturated carbocycles. The maximum absolute atomic E-state index is 14.0. The van der Waals surface area contributed by atoms with E-state index >= 15 is 0 Å². The molecule has 0 heterocycles. The highest BCUT2D eigenvalue weighted by Gasteiger charge is 2.35. The fraction of sp³-hybridized carbons (Fsp3) is 0.707. The number of carbonyl (C=O) groups is 11. The van der Waals surface area contributed by atoms with Gasteiger partial charge < -0.3 is 91.8 Å². The van der Waals surface area contributed by atoms with Gasteiger partial charge in [-0.15, -0.1) is 0 Å². The number of nitrogens with one attached hydrogen (secondary N) is 10. The zero-order chi connectivity index (χ0) is 53.7. The zero-order valence-corrected chi connectivity index (χ0v) is 40.1. The summed E-state index contributed by atoms with van der Waals surface area (Å²) in [5, 5.41) is 57.4. The first-order valence-corrected chi connectivity index (χ1v) is 22.8. The van der Waals surface area contributed by atoms with Gasteiger partial charge in [0.1, 0.15) is 42.3 Å². The SMILES string of the molecule is CC[C@H](C)[C@H](N)C(=O)N[C@H](C(=O)N[C@@H](CCCNC(=N)N)C(=O)N[C@@H](CCC(N)=O)C(=O)N[C@@H](CCCCN)C(=O)NCC(=O)N[C@@H](CO)C(=O)N[C@@H](CO)C(=O)N[C@@H](CC(N)=O)C(=O)O)[C@@H](C)CC. The lowest BCUT2D eigenvalue weighted by Gasteiger charge is -2.29. The number of hydrogen-bond donors (Lipinski definition) is 18. The third-order valence-electron chi connectivity index (χ3n) is 11.0. The monoisotopic (exact) mass is 1000 g/mol. The maximum atomic E-state index is 14.0. The number of carboxylic acids is 1. The van der Waals surface area contributed by atoms with Crippen LogP contribution in [0.15, 0.2) is 0 Å². The summed E-state index contributed by atoms with van der Waals surface area (Å²) < 4.78 is 0. The van der Waals surface area contributed by atoms with E-state index in [1.54, 1.807) is 20.8 Å². The van der Waals surface area contributed by atoms with Gasteiger partial charge in [-0.2, -0.15) is 0 Å². The van der Waals surface area contributed by atoms with Crippen molar-refractivity contribution in [1.29, 1.82) is 5.41 Å². The Labute approximate surface area is 405 Å². The molecule has 0 fully saturated rings. The van der Waals surface area contributed by atoms with Crippen LogP contribution in [0.25, 0.3) is 0 Å². The Kier molecular flexibility index (Phi) is 30.5. The highest BCUT2D eigenvalue weighted by molar-refractivity contribution is 5.98. The van der Waals surface area contributed by atoms with Crippen LogP contribution in [0.3, 0.4) is 0 Å². The van der Waals surface area contributed by atoms with Crippen LogP contribution >= 0.6 is 0 Å². The smallest absolute Gasteiger partial charge is 0.326 e. The molecule has 10 amide bonds. The number of unbranched alkanes of at least 4 members (excludes halogenated alkanes) is 1. The summed E-state index contributed by atoms with van der Waals surface area (Å²) in [6.45, 7) is 4.42. The molecular weight excluding hydrogens is 927 g/mol. The third kappa shape index (κ3) is 24.5. The number of nitrogens with two attached hydrogens (primary N) is 5. The minimum absolute atomic E-state index is 0.0629. The Bertz CT molecular complexity index is 1810. The van der Waals surface area contributed by atoms with Crippen molar-refractivity contribution in [2.24, 2.45) is 40.5 Å². The zero-order valence-electron chi connectivity index (χ0n) is 40.1. The number of guanidine groups is 1. The van der Waals surface area contributed by atoms with Gasteiger partial charge in [-0.05, 0) is 56.9 Å². The lowest BCUT2D eigenvalue weighted by atomic mass is 9.95. The van der Waals surface area contributed by atoms with Gasteiger partial charge in [0, 0.05) is 13.0 Å². The number of aliphatic hydroxyl groups is 2. The van der Waals surface area contributed by atoms with Gasteiger partial charge in [0.25, 0.3) is 0 Å². The molecule has 0 aromatic heterocycles. The highest BCUT2D eigenvalue weighted by atomic mass is 16.4. The van der Waals surface area contributed by atoms with Crippen LogP contribution in [0, 0.1) is 17.2 Å². The summed E-state index contributed by atoms with van der Waals surface area (Å²) in [4.78, 5) is 141. The molecule has 0 saturated heterocycles. The number of aliphatic carboxylic acids is 1. The van der Waals surface area contributed by atoms with Crippen LogP contribution in [-0.2, 0) is 52.7 Å². The molecular formula is C41H75N15O14. The van der Waals surface area contributed by atoms with E-state index in [4.69, 9.17) is 34.1 Å². The molecule has 0 aliphatic carbocycles. The van der Waals surface area contributed by atoms with Gasteiger partial charge in [0.05, 0.1) is 32.2 Å². The molecule has 0 rings (SSSR count). The standard InChI is InChI=1S/C41H75N15O14/c1-5-20(3)31(45)38(67)56-32(21(4)6-2)39(68)53-23(11-9-15-48-41(46)47)34(63)52-24(12-13-28(43)59)35(64)51-22(10-7-8-14-42)33(62)49-17-30(61)50-26(18-57)36(65)55-27(19-58)37(66)54-25(40(69)70)16-29(44)60/h20-27,31-32,57-58H,5-19,42,45H2,1-4H3,(H2,43,59)(H2,44,60)(H,49,62)(H,50,61)(H,51,64)(H,52,63)(H,53,68)(H,54,66)(H,55,65)(H,56,67)(H,69,70)(H4,46,47,48)/t20-,21-,22-,23-,24-,25-,26-,27-,31-,32-/m0/s1. The molecule has 0 aliphatic heterocycles. The summed E-state index contributed by atoms with van der Waals surface area (Å²) in [6, 6.07) is -11.8. The lowest BCUT2D eigenvalue weighted by Crippen LogP contribution is -2.60. The molecule has 29 heteroatoms. The van der Waals surface area contributed by atoms with Crippen molar-refractivity contribution >= 4 is 71.0 Å². The van der Waals surface area contributed by atoms with Gasteiger partial charge >= 0.3 is 5.97 Å². The van der Waals surface area contributed by atoms with Gasteiger partial charge in [-0.3, -0.25) is 53.4 Å². The van der Waals surface area contributed by atoms with Crippen LogP contribution < -0.4 is 76.5 Å². The first-order valence-electron chi connectivity index (χ1n) is 22.8. The number of amides is 10. The molecule has 0 radical (unpaired) electrons. The normalized spacial score (nSPS) is 15.2. The van der Waals surface area contributed by atoms with Crippen molar-refractivity contribution in [3.8, 4) is 0 Å². The van der Waals surface area contributed by atoms with E-state index in [-0.39, 0.29) is 57.1 Å². The largest absolute Gasteiger partial charge is 0.480 e. The quantitative estimate of drug-likeness (QED) is 0.0157. The van der Waals surface area contributed by atoms with Crippen molar-refractivity contribution in [1.82, 2.24) is 47.9 Å². The predicted octanol–water partition coefficient (Wildman–Crippen LogP) is -7.48. The summed E-state index contributed by atoms with van der Waals surface area (Å²) in [6.07, 6.45) is 0.0560. The molecule has 29 nitrogen and oxygen atoms in total. The first-order chi connectivity index (χ1) is 32.9. The summed E-state index contributed by atoms with van der Waals surface area (Å²) >= 11 is 0. The second-order valence-electron chi connectivity index (χ2n) is 16.6. The van der Waals surface area contributed by atoms with Crippen LogP contribution in [0.1, 0.15) is 91.9 Å².